The van der Waals surface area contributed by atoms with Gasteiger partial charge < -0.3 is 5.32 Å². The Balaban J connectivity index is 1.58. The third-order valence-corrected chi connectivity index (χ3v) is 4.79. The maximum Gasteiger partial charge on any atom is 0.322 e. The number of fused-ring (bicyclic) bond motifs is 3. The summed E-state index contributed by atoms with van der Waals surface area (Å²) in [5.41, 5.74) is 4.37. The van der Waals surface area contributed by atoms with Gasteiger partial charge in [0, 0.05) is 0 Å². The molecule has 0 fully saturated rings. The van der Waals surface area contributed by atoms with E-state index in [4.69, 9.17) is 0 Å². The summed E-state index contributed by atoms with van der Waals surface area (Å²) in [5, 5.41) is 5.07. The zero-order valence-electron chi connectivity index (χ0n) is 14.6. The molecule has 1 aliphatic carbocycles. The SMILES string of the molecule is Cc1cccc(F)c1C(=O)NC(=O)NC1c2ccccc2-c2ccccc21. The lowest BCUT2D eigenvalue weighted by atomic mass is 10.1. The molecule has 0 bridgehead atoms. The van der Waals surface area contributed by atoms with Crippen molar-refractivity contribution in [3.8, 4) is 11.1 Å². The Morgan fingerprint density at radius 2 is 1.44 bits per heavy atom. The molecule has 0 aromatic heterocycles. The number of hydrogen-bond donors (Lipinski definition) is 2. The second-order valence-corrected chi connectivity index (χ2v) is 6.47. The molecular weight excluding hydrogens is 343 g/mol. The van der Waals surface area contributed by atoms with Gasteiger partial charge in [0.1, 0.15) is 5.82 Å². The van der Waals surface area contributed by atoms with Gasteiger partial charge in [-0.2, -0.15) is 0 Å². The van der Waals surface area contributed by atoms with E-state index >= 15 is 0 Å². The lowest BCUT2D eigenvalue weighted by Gasteiger charge is -2.16. The largest absolute Gasteiger partial charge is 0.327 e. The number of benzene rings is 3. The van der Waals surface area contributed by atoms with Crippen LogP contribution in [0.3, 0.4) is 0 Å². The number of rotatable bonds is 2. The lowest BCUT2D eigenvalue weighted by Crippen LogP contribution is -2.41. The van der Waals surface area contributed by atoms with E-state index in [0.717, 1.165) is 22.3 Å². The predicted molar refractivity (Wildman–Crippen MR) is 101 cm³/mol. The van der Waals surface area contributed by atoms with Gasteiger partial charge in [-0.05, 0) is 40.8 Å². The van der Waals surface area contributed by atoms with Crippen molar-refractivity contribution in [2.24, 2.45) is 0 Å². The van der Waals surface area contributed by atoms with Crippen molar-refractivity contribution in [1.82, 2.24) is 10.6 Å². The summed E-state index contributed by atoms with van der Waals surface area (Å²) >= 11 is 0. The van der Waals surface area contributed by atoms with E-state index in [1.807, 2.05) is 48.5 Å². The van der Waals surface area contributed by atoms with Gasteiger partial charge in [0.25, 0.3) is 5.91 Å². The molecule has 4 nitrogen and oxygen atoms in total. The van der Waals surface area contributed by atoms with Crippen molar-refractivity contribution in [3.05, 3.63) is 94.8 Å². The molecule has 3 aromatic carbocycles. The van der Waals surface area contributed by atoms with Gasteiger partial charge >= 0.3 is 6.03 Å². The first kappa shape index (κ1) is 17.0. The summed E-state index contributed by atoms with van der Waals surface area (Å²) in [6, 6.07) is 18.9. The van der Waals surface area contributed by atoms with Crippen LogP contribution in [0.2, 0.25) is 0 Å². The highest BCUT2D eigenvalue weighted by Crippen LogP contribution is 2.42. The molecule has 2 N–H and O–H groups in total. The number of hydrogen-bond acceptors (Lipinski definition) is 2. The van der Waals surface area contributed by atoms with Gasteiger partial charge in [0.05, 0.1) is 11.6 Å². The van der Waals surface area contributed by atoms with E-state index in [0.29, 0.717) is 5.56 Å². The first-order chi connectivity index (χ1) is 13.1. The van der Waals surface area contributed by atoms with E-state index in [2.05, 4.69) is 10.6 Å². The summed E-state index contributed by atoms with van der Waals surface area (Å²) in [4.78, 5) is 24.8. The van der Waals surface area contributed by atoms with Crippen molar-refractivity contribution in [2.45, 2.75) is 13.0 Å². The average Bonchev–Trinajstić information content (AvgIpc) is 2.96. The number of halogens is 1. The summed E-state index contributed by atoms with van der Waals surface area (Å²) in [5.74, 6) is -1.42. The first-order valence-electron chi connectivity index (χ1n) is 8.61. The van der Waals surface area contributed by atoms with E-state index in [9.17, 15) is 14.0 Å². The lowest BCUT2D eigenvalue weighted by molar-refractivity contribution is 0.0959. The minimum Gasteiger partial charge on any atom is -0.327 e. The van der Waals surface area contributed by atoms with Crippen LogP contribution in [0.4, 0.5) is 9.18 Å². The number of imide groups is 1. The quantitative estimate of drug-likeness (QED) is 0.714. The molecule has 0 unspecified atom stereocenters. The van der Waals surface area contributed by atoms with Crippen LogP contribution in [0.25, 0.3) is 11.1 Å². The second kappa shape index (κ2) is 6.68. The first-order valence-corrected chi connectivity index (χ1v) is 8.61. The maximum atomic E-state index is 14.0. The number of amides is 3. The van der Waals surface area contributed by atoms with Crippen molar-refractivity contribution < 1.29 is 14.0 Å². The van der Waals surface area contributed by atoms with Crippen molar-refractivity contribution in [3.63, 3.8) is 0 Å². The van der Waals surface area contributed by atoms with Crippen LogP contribution in [-0.4, -0.2) is 11.9 Å². The van der Waals surface area contributed by atoms with Crippen molar-refractivity contribution in [1.29, 1.82) is 0 Å². The smallest absolute Gasteiger partial charge is 0.322 e. The predicted octanol–water partition coefficient (Wildman–Crippen LogP) is 4.34. The third kappa shape index (κ3) is 2.97. The van der Waals surface area contributed by atoms with E-state index < -0.39 is 17.8 Å². The van der Waals surface area contributed by atoms with Gasteiger partial charge in [-0.3, -0.25) is 10.1 Å². The van der Waals surface area contributed by atoms with Gasteiger partial charge in [0.2, 0.25) is 0 Å². The Morgan fingerprint density at radius 3 is 2.04 bits per heavy atom. The number of carbonyl (C=O) groups excluding carboxylic acids is 2. The molecule has 4 rings (SSSR count). The standard InChI is InChI=1S/C22H17FN2O2/c1-13-7-6-12-18(23)19(13)21(26)25-22(27)24-20-16-10-4-2-8-14(16)15-9-3-5-11-17(15)20/h2-12,20H,1H3,(H2,24,25,26,27). The highest BCUT2D eigenvalue weighted by Gasteiger charge is 2.29. The molecule has 3 amide bonds. The zero-order valence-corrected chi connectivity index (χ0v) is 14.6. The molecule has 0 aliphatic heterocycles. The third-order valence-electron chi connectivity index (χ3n) is 4.79. The normalized spacial score (nSPS) is 12.2. The van der Waals surface area contributed by atoms with Gasteiger partial charge in [0.15, 0.2) is 0 Å². The molecule has 0 heterocycles. The summed E-state index contributed by atoms with van der Waals surface area (Å²) < 4.78 is 14.0. The number of nitrogens with one attached hydrogen (secondary N) is 2. The van der Waals surface area contributed by atoms with Crippen molar-refractivity contribution >= 4 is 11.9 Å². The number of aryl methyl sites for hydroxylation is 1. The molecule has 0 saturated carbocycles. The maximum absolute atomic E-state index is 14.0. The van der Waals surface area contributed by atoms with Crippen molar-refractivity contribution in [2.75, 3.05) is 0 Å². The summed E-state index contributed by atoms with van der Waals surface area (Å²) in [7, 11) is 0. The Morgan fingerprint density at radius 1 is 0.852 bits per heavy atom. The van der Waals surface area contributed by atoms with Crippen LogP contribution in [0, 0.1) is 12.7 Å². The minimum absolute atomic E-state index is 0.125. The number of carbonyl (C=O) groups is 2. The summed E-state index contributed by atoms with van der Waals surface area (Å²) in [6.45, 7) is 1.62. The van der Waals surface area contributed by atoms with E-state index in [1.54, 1.807) is 13.0 Å². The second-order valence-electron chi connectivity index (χ2n) is 6.47. The molecule has 0 radical (unpaired) electrons. The Bertz CT molecular complexity index is 996. The number of urea groups is 1. The molecule has 134 valence electrons. The Labute approximate surface area is 156 Å². The van der Waals surface area contributed by atoms with Gasteiger partial charge in [-0.25, -0.2) is 9.18 Å². The monoisotopic (exact) mass is 360 g/mol. The molecule has 3 aromatic rings. The molecule has 27 heavy (non-hydrogen) atoms. The van der Waals surface area contributed by atoms with E-state index in [1.165, 1.54) is 12.1 Å². The van der Waals surface area contributed by atoms with E-state index in [-0.39, 0.29) is 11.6 Å². The van der Waals surface area contributed by atoms with Crippen LogP contribution in [0.1, 0.15) is 33.1 Å². The highest BCUT2D eigenvalue weighted by molar-refractivity contribution is 6.05. The summed E-state index contributed by atoms with van der Waals surface area (Å²) in [6.07, 6.45) is 0. The molecule has 0 saturated heterocycles. The van der Waals surface area contributed by atoms with Crippen LogP contribution < -0.4 is 10.6 Å². The Hall–Kier alpha value is -3.47. The van der Waals surface area contributed by atoms with Gasteiger partial charge in [-0.1, -0.05) is 60.7 Å². The van der Waals surface area contributed by atoms with Crippen LogP contribution >= 0.6 is 0 Å². The molecule has 1 aliphatic rings. The fraction of sp³-hybridized carbons (Fsp3) is 0.0909. The Kier molecular flexibility index (Phi) is 4.20. The fourth-order valence-electron chi connectivity index (χ4n) is 3.56. The molecule has 5 heteroatoms. The topological polar surface area (TPSA) is 58.2 Å². The minimum atomic E-state index is -0.761. The van der Waals surface area contributed by atoms with Crippen LogP contribution in [-0.2, 0) is 0 Å². The molecular formula is C22H17FN2O2. The molecule has 0 spiro atoms. The van der Waals surface area contributed by atoms with Crippen LogP contribution in [0.15, 0.2) is 66.7 Å². The average molecular weight is 360 g/mol. The molecule has 0 atom stereocenters. The fourth-order valence-corrected chi connectivity index (χ4v) is 3.56. The van der Waals surface area contributed by atoms with Gasteiger partial charge in [-0.15, -0.1) is 0 Å². The zero-order chi connectivity index (χ0) is 19.0. The highest BCUT2D eigenvalue weighted by atomic mass is 19.1. The van der Waals surface area contributed by atoms with Crippen LogP contribution in [0.5, 0.6) is 0 Å².